The van der Waals surface area contributed by atoms with Gasteiger partial charge in [-0.2, -0.15) is 5.10 Å². The molecule has 7 heteroatoms. The van der Waals surface area contributed by atoms with Crippen LogP contribution in [-0.4, -0.2) is 46.1 Å². The van der Waals surface area contributed by atoms with Crippen LogP contribution in [0.3, 0.4) is 0 Å². The van der Waals surface area contributed by atoms with Crippen LogP contribution in [0, 0.1) is 18.8 Å². The zero-order chi connectivity index (χ0) is 22.1. The molecule has 1 aromatic rings. The largest absolute Gasteiger partial charge is 0.356 e. The zero-order valence-corrected chi connectivity index (χ0v) is 19.7. The average molecular weight is 437 g/mol. The summed E-state index contributed by atoms with van der Waals surface area (Å²) in [6.07, 6.45) is 9.54. The van der Waals surface area contributed by atoms with Crippen molar-refractivity contribution in [1.29, 1.82) is 0 Å². The van der Waals surface area contributed by atoms with Gasteiger partial charge in [-0.15, -0.1) is 0 Å². The molecule has 168 valence electrons. The number of nitrogens with zero attached hydrogens (tertiary/aromatic N) is 3. The van der Waals surface area contributed by atoms with Crippen molar-refractivity contribution in [3.63, 3.8) is 0 Å². The summed E-state index contributed by atoms with van der Waals surface area (Å²) >= 11 is 6.46. The van der Waals surface area contributed by atoms with Crippen LogP contribution in [0.1, 0.15) is 70.6 Å². The number of carbonyl (C=O) groups excluding carboxylic acids is 2. The van der Waals surface area contributed by atoms with Crippen LogP contribution >= 0.6 is 11.6 Å². The van der Waals surface area contributed by atoms with Crippen molar-refractivity contribution < 1.29 is 9.59 Å². The summed E-state index contributed by atoms with van der Waals surface area (Å²) in [5.74, 6) is 0.300. The van der Waals surface area contributed by atoms with Gasteiger partial charge in [-0.25, -0.2) is 0 Å². The molecule has 1 aliphatic heterocycles. The number of unbranched alkanes of at least 4 members (excludes halogenated alkanes) is 3. The number of hydrogen-bond donors (Lipinski definition) is 1. The Morgan fingerprint density at radius 2 is 2.07 bits per heavy atom. The Hall–Kier alpha value is -1.82. The van der Waals surface area contributed by atoms with E-state index in [0.717, 1.165) is 50.0 Å². The van der Waals surface area contributed by atoms with Crippen LogP contribution in [0.15, 0.2) is 6.08 Å². The van der Waals surface area contributed by atoms with Gasteiger partial charge in [0.05, 0.1) is 11.6 Å². The fourth-order valence-electron chi connectivity index (χ4n) is 3.78. The van der Waals surface area contributed by atoms with Gasteiger partial charge < -0.3 is 10.2 Å². The number of halogens is 1. The van der Waals surface area contributed by atoms with E-state index < -0.39 is 0 Å². The van der Waals surface area contributed by atoms with Crippen molar-refractivity contribution in [1.82, 2.24) is 20.0 Å². The lowest BCUT2D eigenvalue weighted by atomic mass is 9.97. The first-order valence-corrected chi connectivity index (χ1v) is 11.7. The molecule has 1 aliphatic rings. The van der Waals surface area contributed by atoms with Crippen molar-refractivity contribution in [3.05, 3.63) is 22.5 Å². The van der Waals surface area contributed by atoms with Crippen LogP contribution in [0.5, 0.6) is 0 Å². The minimum atomic E-state index is -0.124. The molecule has 2 heterocycles. The highest BCUT2D eigenvalue weighted by Gasteiger charge is 2.27. The Balaban J connectivity index is 1.91. The highest BCUT2D eigenvalue weighted by atomic mass is 35.5. The van der Waals surface area contributed by atoms with E-state index in [2.05, 4.69) is 31.2 Å². The number of hydrogen-bond acceptors (Lipinski definition) is 3. The number of carbonyl (C=O) groups is 2. The lowest BCUT2D eigenvalue weighted by molar-refractivity contribution is -0.132. The van der Waals surface area contributed by atoms with E-state index in [9.17, 15) is 9.59 Å². The molecule has 0 spiro atoms. The van der Waals surface area contributed by atoms with Crippen molar-refractivity contribution in [3.8, 4) is 0 Å². The highest BCUT2D eigenvalue weighted by molar-refractivity contribution is 6.31. The molecule has 6 nitrogen and oxygen atoms in total. The molecule has 2 amide bonds. The first-order valence-electron chi connectivity index (χ1n) is 11.3. The minimum Gasteiger partial charge on any atom is -0.356 e. The predicted molar refractivity (Wildman–Crippen MR) is 122 cm³/mol. The predicted octanol–water partition coefficient (Wildman–Crippen LogP) is 4.45. The number of rotatable bonds is 10. The molecule has 0 radical (unpaired) electrons. The van der Waals surface area contributed by atoms with Crippen LogP contribution in [0.2, 0.25) is 5.15 Å². The molecule has 1 atom stereocenters. The van der Waals surface area contributed by atoms with E-state index in [0.29, 0.717) is 24.2 Å². The minimum absolute atomic E-state index is 0.0711. The molecule has 30 heavy (non-hydrogen) atoms. The normalized spacial score (nSPS) is 17.1. The van der Waals surface area contributed by atoms with E-state index in [1.165, 1.54) is 12.8 Å². The number of nitrogens with one attached hydrogen (secondary N) is 1. The molecule has 1 saturated heterocycles. The molecule has 1 aromatic heterocycles. The first-order chi connectivity index (χ1) is 14.3. The van der Waals surface area contributed by atoms with Crippen LogP contribution in [0.4, 0.5) is 0 Å². The van der Waals surface area contributed by atoms with Gasteiger partial charge in [0, 0.05) is 37.8 Å². The third-order valence-electron chi connectivity index (χ3n) is 5.47. The van der Waals surface area contributed by atoms with Crippen LogP contribution in [-0.2, 0) is 16.1 Å². The SMILES string of the molecule is CCCCCCNC(=O)C1CCCN(C(=O)/C=C/c2c(C)nn(CC(C)C)c2Cl)C1. The summed E-state index contributed by atoms with van der Waals surface area (Å²) in [5.41, 5.74) is 1.59. The number of piperidine rings is 1. The molecular formula is C23H37ClN4O2. The average Bonchev–Trinajstić information content (AvgIpc) is 2.98. The Morgan fingerprint density at radius 3 is 2.77 bits per heavy atom. The Labute approximate surface area is 186 Å². The molecular weight excluding hydrogens is 400 g/mol. The van der Waals surface area contributed by atoms with Gasteiger partial charge in [0.2, 0.25) is 11.8 Å². The monoisotopic (exact) mass is 436 g/mol. The third-order valence-corrected chi connectivity index (χ3v) is 5.87. The van der Waals surface area contributed by atoms with E-state index in [4.69, 9.17) is 11.6 Å². The lowest BCUT2D eigenvalue weighted by Gasteiger charge is -2.31. The third kappa shape index (κ3) is 7.15. The highest BCUT2D eigenvalue weighted by Crippen LogP contribution is 2.23. The van der Waals surface area contributed by atoms with Gasteiger partial charge in [0.1, 0.15) is 5.15 Å². The molecule has 1 N–H and O–H groups in total. The maximum absolute atomic E-state index is 12.7. The summed E-state index contributed by atoms with van der Waals surface area (Å²) in [6, 6.07) is 0. The van der Waals surface area contributed by atoms with Crippen molar-refractivity contribution >= 4 is 29.5 Å². The molecule has 2 rings (SSSR count). The van der Waals surface area contributed by atoms with E-state index in [1.54, 1.807) is 21.7 Å². The second kappa shape index (κ2) is 12.1. The molecule has 1 unspecified atom stereocenters. The van der Waals surface area contributed by atoms with Gasteiger partial charge in [-0.3, -0.25) is 14.3 Å². The fraction of sp³-hybridized carbons (Fsp3) is 0.696. The van der Waals surface area contributed by atoms with Gasteiger partial charge in [0.15, 0.2) is 0 Å². The summed E-state index contributed by atoms with van der Waals surface area (Å²) < 4.78 is 1.79. The van der Waals surface area contributed by atoms with Gasteiger partial charge in [-0.05, 0) is 38.2 Å². The maximum atomic E-state index is 12.7. The van der Waals surface area contributed by atoms with E-state index in [-0.39, 0.29) is 17.7 Å². The number of aromatic nitrogens is 2. The Bertz CT molecular complexity index is 742. The maximum Gasteiger partial charge on any atom is 0.246 e. The Morgan fingerprint density at radius 1 is 1.30 bits per heavy atom. The second-order valence-electron chi connectivity index (χ2n) is 8.67. The topological polar surface area (TPSA) is 67.2 Å². The number of amides is 2. The van der Waals surface area contributed by atoms with Gasteiger partial charge in [-0.1, -0.05) is 51.6 Å². The molecule has 1 fully saturated rings. The van der Waals surface area contributed by atoms with Gasteiger partial charge >= 0.3 is 0 Å². The van der Waals surface area contributed by atoms with Crippen LogP contribution < -0.4 is 5.32 Å². The van der Waals surface area contributed by atoms with Gasteiger partial charge in [0.25, 0.3) is 0 Å². The summed E-state index contributed by atoms with van der Waals surface area (Å²) in [6.45, 7) is 10.9. The molecule has 0 aliphatic carbocycles. The van der Waals surface area contributed by atoms with Crippen molar-refractivity contribution in [2.45, 2.75) is 72.8 Å². The standard InChI is InChI=1S/C23H37ClN4O2/c1-5-6-7-8-13-25-23(30)19-10-9-14-27(16-19)21(29)12-11-20-18(4)26-28(22(20)24)15-17(2)3/h11-12,17,19H,5-10,13-16H2,1-4H3,(H,25,30)/b12-11+. The molecule has 0 aromatic carbocycles. The smallest absolute Gasteiger partial charge is 0.246 e. The second-order valence-corrected chi connectivity index (χ2v) is 9.03. The molecule has 0 bridgehead atoms. The van der Waals surface area contributed by atoms with Crippen molar-refractivity contribution in [2.24, 2.45) is 11.8 Å². The summed E-state index contributed by atoms with van der Waals surface area (Å²) in [5, 5.41) is 8.08. The Kier molecular flexibility index (Phi) is 9.89. The zero-order valence-electron chi connectivity index (χ0n) is 18.9. The molecule has 0 saturated carbocycles. The number of likely N-dealkylation sites (tertiary alicyclic amines) is 1. The van der Waals surface area contributed by atoms with E-state index in [1.807, 2.05) is 6.92 Å². The van der Waals surface area contributed by atoms with E-state index >= 15 is 0 Å². The summed E-state index contributed by atoms with van der Waals surface area (Å²) in [7, 11) is 0. The summed E-state index contributed by atoms with van der Waals surface area (Å²) in [4.78, 5) is 26.9. The lowest BCUT2D eigenvalue weighted by Crippen LogP contribution is -2.45. The first kappa shape index (κ1) is 24.4. The van der Waals surface area contributed by atoms with Crippen LogP contribution in [0.25, 0.3) is 6.08 Å². The number of aryl methyl sites for hydroxylation is 1. The van der Waals surface area contributed by atoms with Crippen molar-refractivity contribution in [2.75, 3.05) is 19.6 Å². The fourth-order valence-corrected chi connectivity index (χ4v) is 4.09. The quantitative estimate of drug-likeness (QED) is 0.435.